The molecule has 0 heterocycles. The molecule has 0 saturated heterocycles. The van der Waals surface area contributed by atoms with Crippen LogP contribution in [0, 0.1) is 0 Å². The summed E-state index contributed by atoms with van der Waals surface area (Å²) in [6.45, 7) is 6.51. The van der Waals surface area contributed by atoms with Gasteiger partial charge in [-0.1, -0.05) is 303 Å². The highest BCUT2D eigenvalue weighted by atomic mass is 16.6. The Morgan fingerprint density at radius 3 is 0.765 bits per heavy atom. The van der Waals surface area contributed by atoms with Crippen LogP contribution in [-0.4, -0.2) is 37.2 Å². The van der Waals surface area contributed by atoms with Crippen LogP contribution in [0.2, 0.25) is 0 Å². The lowest BCUT2D eigenvalue weighted by Crippen LogP contribution is -2.30. The smallest absolute Gasteiger partial charge is 0.306 e. The van der Waals surface area contributed by atoms with Crippen LogP contribution >= 0.6 is 0 Å². The van der Waals surface area contributed by atoms with Crippen LogP contribution in [0.3, 0.4) is 0 Å². The van der Waals surface area contributed by atoms with E-state index in [4.69, 9.17) is 14.2 Å². The first-order valence-electron chi connectivity index (χ1n) is 34.0. The molecule has 0 aromatic carbocycles. The van der Waals surface area contributed by atoms with Gasteiger partial charge in [-0.25, -0.2) is 0 Å². The van der Waals surface area contributed by atoms with Crippen LogP contribution in [0.15, 0.2) is 122 Å². The van der Waals surface area contributed by atoms with Crippen LogP contribution < -0.4 is 0 Å². The Morgan fingerprint density at radius 1 is 0.259 bits per heavy atom. The van der Waals surface area contributed by atoms with Crippen molar-refractivity contribution in [2.75, 3.05) is 13.2 Å². The number of rotatable bonds is 61. The fourth-order valence-corrected chi connectivity index (χ4v) is 9.37. The van der Waals surface area contributed by atoms with Crippen molar-refractivity contribution in [2.45, 2.75) is 322 Å². The summed E-state index contributed by atoms with van der Waals surface area (Å²) < 4.78 is 16.9. The Kier molecular flexibility index (Phi) is 64.8. The van der Waals surface area contributed by atoms with Crippen molar-refractivity contribution in [3.05, 3.63) is 122 Å². The van der Waals surface area contributed by atoms with E-state index in [0.29, 0.717) is 19.3 Å². The van der Waals surface area contributed by atoms with Crippen molar-refractivity contribution >= 4 is 17.9 Å². The highest BCUT2D eigenvalue weighted by Crippen LogP contribution is 2.16. The number of carbonyl (C=O) groups excluding carboxylic acids is 3. The highest BCUT2D eigenvalue weighted by molar-refractivity contribution is 5.71. The van der Waals surface area contributed by atoms with Gasteiger partial charge in [0.1, 0.15) is 13.2 Å². The maximum Gasteiger partial charge on any atom is 0.306 e. The lowest BCUT2D eigenvalue weighted by Gasteiger charge is -2.18. The summed E-state index contributed by atoms with van der Waals surface area (Å²) in [5.41, 5.74) is 0. The highest BCUT2D eigenvalue weighted by Gasteiger charge is 2.19. The van der Waals surface area contributed by atoms with Gasteiger partial charge in [0.25, 0.3) is 0 Å². The molecule has 6 heteroatoms. The average molecular weight is 1120 g/mol. The first-order chi connectivity index (χ1) is 40.0. The SMILES string of the molecule is CC/C=C\C/C=C\C/C=C\C/C=C\C/C=C\C/C=C\C/C=C\C/C=C\CCCCCCCCCCCCC(=O)OCC(COC(=O)CCCCCCCCCCCC)OC(=O)CCCCCCCCC/C=C\C/C=C\CCCCCC. The molecule has 462 valence electrons. The average Bonchev–Trinajstić information content (AvgIpc) is 3.47. The second-order valence-corrected chi connectivity index (χ2v) is 22.4. The van der Waals surface area contributed by atoms with E-state index in [-0.39, 0.29) is 31.1 Å². The molecular formula is C75H126O6. The third-order valence-electron chi connectivity index (χ3n) is 14.5. The van der Waals surface area contributed by atoms with Crippen LogP contribution in [0.1, 0.15) is 316 Å². The molecule has 0 spiro atoms. The summed E-state index contributed by atoms with van der Waals surface area (Å²) in [5, 5.41) is 0. The molecule has 6 nitrogen and oxygen atoms in total. The van der Waals surface area contributed by atoms with E-state index in [1.54, 1.807) is 0 Å². The third kappa shape index (κ3) is 66.5. The molecule has 0 amide bonds. The molecule has 81 heavy (non-hydrogen) atoms. The number of esters is 3. The monoisotopic (exact) mass is 1120 g/mol. The van der Waals surface area contributed by atoms with E-state index >= 15 is 0 Å². The summed E-state index contributed by atoms with van der Waals surface area (Å²) in [7, 11) is 0. The molecule has 1 unspecified atom stereocenters. The van der Waals surface area contributed by atoms with Gasteiger partial charge in [0.2, 0.25) is 0 Å². The van der Waals surface area contributed by atoms with Crippen molar-refractivity contribution in [1.29, 1.82) is 0 Å². The van der Waals surface area contributed by atoms with E-state index in [2.05, 4.69) is 142 Å². The van der Waals surface area contributed by atoms with Gasteiger partial charge in [0.15, 0.2) is 6.10 Å². The van der Waals surface area contributed by atoms with Crippen molar-refractivity contribution in [1.82, 2.24) is 0 Å². The fraction of sp³-hybridized carbons (Fsp3) is 0.693. The minimum atomic E-state index is -0.784. The molecule has 0 bridgehead atoms. The first-order valence-corrected chi connectivity index (χ1v) is 34.0. The second kappa shape index (κ2) is 68.3. The number of unbranched alkanes of at least 4 members (excludes halogenated alkanes) is 30. The molecule has 0 aliphatic carbocycles. The molecule has 0 aliphatic rings. The van der Waals surface area contributed by atoms with Crippen LogP contribution in [0.25, 0.3) is 0 Å². The summed E-state index contributed by atoms with van der Waals surface area (Å²) in [5.74, 6) is -0.887. The molecular weight excluding hydrogens is 997 g/mol. The minimum Gasteiger partial charge on any atom is -0.462 e. The van der Waals surface area contributed by atoms with Gasteiger partial charge in [0.05, 0.1) is 0 Å². The van der Waals surface area contributed by atoms with E-state index < -0.39 is 6.10 Å². The van der Waals surface area contributed by atoms with Crippen LogP contribution in [0.5, 0.6) is 0 Å². The zero-order valence-corrected chi connectivity index (χ0v) is 53.0. The summed E-state index contributed by atoms with van der Waals surface area (Å²) in [6.07, 6.45) is 95.1. The maximum atomic E-state index is 12.9. The van der Waals surface area contributed by atoms with E-state index in [1.165, 1.54) is 154 Å². The zero-order valence-electron chi connectivity index (χ0n) is 53.0. The fourth-order valence-electron chi connectivity index (χ4n) is 9.37. The molecule has 0 aliphatic heterocycles. The Hall–Kier alpha value is -4.19. The predicted molar refractivity (Wildman–Crippen MR) is 353 cm³/mol. The Balaban J connectivity index is 4.19. The van der Waals surface area contributed by atoms with Gasteiger partial charge in [-0.05, 0) is 116 Å². The lowest BCUT2D eigenvalue weighted by molar-refractivity contribution is -0.167. The van der Waals surface area contributed by atoms with Crippen LogP contribution in [0.4, 0.5) is 0 Å². The van der Waals surface area contributed by atoms with E-state index in [0.717, 1.165) is 122 Å². The molecule has 0 N–H and O–H groups in total. The standard InChI is InChI=1S/C75H126O6/c1-4-7-10-13-16-19-22-24-26-28-30-31-32-33-34-35-36-37-38-39-40-41-42-43-44-45-46-48-49-51-53-56-59-62-65-68-74(77)80-71-72(70-79-73(76)67-64-61-58-55-21-18-15-12-9-6-3)81-75(78)69-66-63-60-57-54-52-50-47-29-27-25-23-20-17-14-11-8-5-2/h7,10,16,19-20,23-24,26-27,29-31,33-34,36-37,39-40,42-43,72H,4-6,8-9,11-15,17-18,21-22,25,28,32,35,38,41,44-71H2,1-3H3/b10-7-,19-16-,23-20-,26-24-,29-27-,31-30-,34-33-,37-36-,40-39-,43-42-. The molecule has 0 fully saturated rings. The summed E-state index contributed by atoms with van der Waals surface area (Å²) in [4.78, 5) is 38.3. The predicted octanol–water partition coefficient (Wildman–Crippen LogP) is 23.6. The minimum absolute atomic E-state index is 0.0806. The molecule has 0 radical (unpaired) electrons. The number of allylic oxidation sites excluding steroid dienone is 20. The summed E-state index contributed by atoms with van der Waals surface area (Å²) >= 11 is 0. The molecule has 0 aromatic heterocycles. The van der Waals surface area contributed by atoms with Gasteiger partial charge in [-0.3, -0.25) is 14.4 Å². The summed E-state index contributed by atoms with van der Waals surface area (Å²) in [6, 6.07) is 0. The quantitative estimate of drug-likeness (QED) is 0.0261. The van der Waals surface area contributed by atoms with Crippen molar-refractivity contribution in [2.24, 2.45) is 0 Å². The van der Waals surface area contributed by atoms with Gasteiger partial charge in [-0.2, -0.15) is 0 Å². The number of ether oxygens (including phenoxy) is 3. The van der Waals surface area contributed by atoms with Gasteiger partial charge in [0, 0.05) is 19.3 Å². The lowest BCUT2D eigenvalue weighted by atomic mass is 10.1. The largest absolute Gasteiger partial charge is 0.462 e. The van der Waals surface area contributed by atoms with Crippen molar-refractivity contribution < 1.29 is 28.6 Å². The molecule has 0 aromatic rings. The molecule has 1 atom stereocenters. The zero-order chi connectivity index (χ0) is 58.5. The first kappa shape index (κ1) is 76.8. The molecule has 0 saturated carbocycles. The van der Waals surface area contributed by atoms with Gasteiger partial charge < -0.3 is 14.2 Å². The molecule has 0 rings (SSSR count). The van der Waals surface area contributed by atoms with Crippen LogP contribution in [-0.2, 0) is 28.6 Å². The second-order valence-electron chi connectivity index (χ2n) is 22.4. The van der Waals surface area contributed by atoms with Gasteiger partial charge >= 0.3 is 17.9 Å². The number of carbonyl (C=O) groups is 3. The Morgan fingerprint density at radius 2 is 0.481 bits per heavy atom. The number of hydrogen-bond donors (Lipinski definition) is 0. The number of hydrogen-bond acceptors (Lipinski definition) is 6. The third-order valence-corrected chi connectivity index (χ3v) is 14.5. The van der Waals surface area contributed by atoms with Crippen molar-refractivity contribution in [3.63, 3.8) is 0 Å². The normalized spacial score (nSPS) is 12.9. The Bertz CT molecular complexity index is 1670. The van der Waals surface area contributed by atoms with Gasteiger partial charge in [-0.15, -0.1) is 0 Å². The topological polar surface area (TPSA) is 78.9 Å². The maximum absolute atomic E-state index is 12.9. The van der Waals surface area contributed by atoms with E-state index in [9.17, 15) is 14.4 Å². The Labute approximate surface area is 501 Å². The van der Waals surface area contributed by atoms with E-state index in [1.807, 2.05) is 0 Å². The van der Waals surface area contributed by atoms with Crippen molar-refractivity contribution in [3.8, 4) is 0 Å².